The number of methoxy groups -OCH3 is 1. The molecule has 0 aliphatic rings. The number of nitrogens with zero attached hydrogens (tertiary/aromatic N) is 2. The molecule has 6 nitrogen and oxygen atoms in total. The molecule has 0 radical (unpaired) electrons. The standard InChI is InChI=1S/C15H14N2O4S/c1-8-9(2)22-13-12(8)14(18)17(7-16-13)6-10-4-5-11(21-10)15(19)20-3/h4-5,7H,6H2,1-3H3. The van der Waals surface area contributed by atoms with Crippen LogP contribution in [0.5, 0.6) is 0 Å². The summed E-state index contributed by atoms with van der Waals surface area (Å²) in [5, 5.41) is 0.643. The average Bonchev–Trinajstić information content (AvgIpc) is 3.07. The smallest absolute Gasteiger partial charge is 0.373 e. The van der Waals surface area contributed by atoms with Gasteiger partial charge in [0.1, 0.15) is 10.6 Å². The first kappa shape index (κ1) is 14.5. The number of aryl methyl sites for hydroxylation is 2. The molecule has 3 aromatic heterocycles. The third-order valence-electron chi connectivity index (χ3n) is 3.53. The number of furan rings is 1. The summed E-state index contributed by atoms with van der Waals surface area (Å²) in [5.41, 5.74) is 0.851. The molecule has 0 saturated carbocycles. The molecule has 0 amide bonds. The van der Waals surface area contributed by atoms with Crippen molar-refractivity contribution in [1.82, 2.24) is 9.55 Å². The van der Waals surface area contributed by atoms with Crippen LogP contribution in [-0.4, -0.2) is 22.6 Å². The second-order valence-electron chi connectivity index (χ2n) is 4.90. The molecule has 0 atom stereocenters. The minimum atomic E-state index is -0.545. The molecule has 22 heavy (non-hydrogen) atoms. The van der Waals surface area contributed by atoms with E-state index in [0.29, 0.717) is 11.1 Å². The van der Waals surface area contributed by atoms with Gasteiger partial charge in [0, 0.05) is 4.88 Å². The van der Waals surface area contributed by atoms with Gasteiger partial charge in [0.2, 0.25) is 5.76 Å². The molecule has 0 aliphatic heterocycles. The molecule has 3 heterocycles. The van der Waals surface area contributed by atoms with Crippen molar-refractivity contribution in [2.24, 2.45) is 0 Å². The molecule has 0 fully saturated rings. The Hall–Kier alpha value is -2.41. The van der Waals surface area contributed by atoms with Gasteiger partial charge in [-0.15, -0.1) is 11.3 Å². The molecule has 3 aromatic rings. The fourth-order valence-corrected chi connectivity index (χ4v) is 3.21. The highest BCUT2D eigenvalue weighted by Gasteiger charge is 2.15. The molecule has 0 unspecified atom stereocenters. The second kappa shape index (κ2) is 5.42. The fourth-order valence-electron chi connectivity index (χ4n) is 2.22. The lowest BCUT2D eigenvalue weighted by molar-refractivity contribution is 0.0563. The Labute approximate surface area is 130 Å². The van der Waals surface area contributed by atoms with E-state index in [1.807, 2.05) is 13.8 Å². The highest BCUT2D eigenvalue weighted by atomic mass is 32.1. The molecule has 3 rings (SSSR count). The molecule has 0 aromatic carbocycles. The van der Waals surface area contributed by atoms with Gasteiger partial charge in [-0.05, 0) is 31.5 Å². The van der Waals surface area contributed by atoms with E-state index in [1.54, 1.807) is 6.07 Å². The highest BCUT2D eigenvalue weighted by molar-refractivity contribution is 7.18. The van der Waals surface area contributed by atoms with Crippen LogP contribution in [0.3, 0.4) is 0 Å². The van der Waals surface area contributed by atoms with Crippen LogP contribution in [0.15, 0.2) is 27.7 Å². The zero-order valence-electron chi connectivity index (χ0n) is 12.4. The number of carbonyl (C=O) groups excluding carboxylic acids is 1. The topological polar surface area (TPSA) is 74.3 Å². The van der Waals surface area contributed by atoms with Crippen molar-refractivity contribution >= 4 is 27.5 Å². The Morgan fingerprint density at radius 2 is 2.18 bits per heavy atom. The summed E-state index contributed by atoms with van der Waals surface area (Å²) < 4.78 is 11.4. The zero-order chi connectivity index (χ0) is 15.9. The maximum atomic E-state index is 12.6. The summed E-state index contributed by atoms with van der Waals surface area (Å²) in [5.74, 6) is 0.0619. The van der Waals surface area contributed by atoms with Gasteiger partial charge >= 0.3 is 5.97 Å². The third-order valence-corrected chi connectivity index (χ3v) is 4.65. The quantitative estimate of drug-likeness (QED) is 0.694. The van der Waals surface area contributed by atoms with Gasteiger partial charge in [0.25, 0.3) is 5.56 Å². The number of hydrogen-bond acceptors (Lipinski definition) is 6. The van der Waals surface area contributed by atoms with E-state index in [2.05, 4.69) is 9.72 Å². The van der Waals surface area contributed by atoms with E-state index in [0.717, 1.165) is 15.3 Å². The highest BCUT2D eigenvalue weighted by Crippen LogP contribution is 2.25. The molecule has 7 heteroatoms. The van der Waals surface area contributed by atoms with Crippen molar-refractivity contribution in [1.29, 1.82) is 0 Å². The predicted molar refractivity (Wildman–Crippen MR) is 82.5 cm³/mol. The predicted octanol–water partition coefficient (Wildman–Crippen LogP) is 2.50. The van der Waals surface area contributed by atoms with Crippen LogP contribution >= 0.6 is 11.3 Å². The number of thiophene rings is 1. The molecule has 0 aliphatic carbocycles. The lowest BCUT2D eigenvalue weighted by Gasteiger charge is -2.03. The van der Waals surface area contributed by atoms with Crippen molar-refractivity contribution in [2.75, 3.05) is 7.11 Å². The number of hydrogen-bond donors (Lipinski definition) is 0. The first-order valence-electron chi connectivity index (χ1n) is 6.63. The number of rotatable bonds is 3. The van der Waals surface area contributed by atoms with Gasteiger partial charge < -0.3 is 9.15 Å². The van der Waals surface area contributed by atoms with Crippen molar-refractivity contribution in [3.63, 3.8) is 0 Å². The first-order chi connectivity index (χ1) is 10.5. The number of ether oxygens (including phenoxy) is 1. The number of esters is 1. The van der Waals surface area contributed by atoms with Crippen LogP contribution in [-0.2, 0) is 11.3 Å². The van der Waals surface area contributed by atoms with E-state index in [1.165, 1.54) is 35.4 Å². The lowest BCUT2D eigenvalue weighted by atomic mass is 10.2. The van der Waals surface area contributed by atoms with Crippen molar-refractivity contribution in [2.45, 2.75) is 20.4 Å². The SMILES string of the molecule is COC(=O)c1ccc(Cn2cnc3sc(C)c(C)c3c2=O)o1. The van der Waals surface area contributed by atoms with Gasteiger partial charge in [-0.3, -0.25) is 9.36 Å². The zero-order valence-corrected chi connectivity index (χ0v) is 13.2. The van der Waals surface area contributed by atoms with Crippen LogP contribution < -0.4 is 5.56 Å². The van der Waals surface area contributed by atoms with Crippen LogP contribution in [0.2, 0.25) is 0 Å². The van der Waals surface area contributed by atoms with E-state index in [-0.39, 0.29) is 17.9 Å². The maximum Gasteiger partial charge on any atom is 0.373 e. The van der Waals surface area contributed by atoms with Crippen LogP contribution in [0.1, 0.15) is 26.8 Å². The van der Waals surface area contributed by atoms with Gasteiger partial charge in [-0.25, -0.2) is 9.78 Å². The fraction of sp³-hybridized carbons (Fsp3) is 0.267. The van der Waals surface area contributed by atoms with Gasteiger partial charge in [0.15, 0.2) is 0 Å². The molecular weight excluding hydrogens is 304 g/mol. The summed E-state index contributed by atoms with van der Waals surface area (Å²) in [4.78, 5) is 30.1. The van der Waals surface area contributed by atoms with Crippen LogP contribution in [0.25, 0.3) is 10.2 Å². The lowest BCUT2D eigenvalue weighted by Crippen LogP contribution is -2.20. The Morgan fingerprint density at radius 1 is 1.41 bits per heavy atom. The molecule has 0 N–H and O–H groups in total. The minimum absolute atomic E-state index is 0.108. The third kappa shape index (κ3) is 2.33. The largest absolute Gasteiger partial charge is 0.463 e. The average molecular weight is 318 g/mol. The molecule has 0 bridgehead atoms. The summed E-state index contributed by atoms with van der Waals surface area (Å²) in [6.07, 6.45) is 1.50. The number of fused-ring (bicyclic) bond motifs is 1. The minimum Gasteiger partial charge on any atom is -0.463 e. The number of aromatic nitrogens is 2. The Morgan fingerprint density at radius 3 is 2.91 bits per heavy atom. The van der Waals surface area contributed by atoms with E-state index < -0.39 is 5.97 Å². The summed E-state index contributed by atoms with van der Waals surface area (Å²) in [7, 11) is 1.29. The molecular formula is C15H14N2O4S. The van der Waals surface area contributed by atoms with Crippen molar-refractivity contribution in [3.05, 3.63) is 50.8 Å². The first-order valence-corrected chi connectivity index (χ1v) is 7.45. The molecule has 114 valence electrons. The molecule has 0 saturated heterocycles. The van der Waals surface area contributed by atoms with Gasteiger partial charge in [-0.2, -0.15) is 0 Å². The Bertz CT molecular complexity index is 919. The maximum absolute atomic E-state index is 12.6. The van der Waals surface area contributed by atoms with E-state index >= 15 is 0 Å². The monoisotopic (exact) mass is 318 g/mol. The Kier molecular flexibility index (Phi) is 3.58. The van der Waals surface area contributed by atoms with E-state index in [4.69, 9.17) is 4.42 Å². The number of carbonyl (C=O) groups is 1. The van der Waals surface area contributed by atoms with Crippen molar-refractivity contribution < 1.29 is 13.9 Å². The van der Waals surface area contributed by atoms with E-state index in [9.17, 15) is 9.59 Å². The Balaban J connectivity index is 1.99. The molecule has 0 spiro atoms. The van der Waals surface area contributed by atoms with Crippen LogP contribution in [0.4, 0.5) is 0 Å². The summed E-state index contributed by atoms with van der Waals surface area (Å²) in [6, 6.07) is 3.17. The van der Waals surface area contributed by atoms with Gasteiger partial charge in [0.05, 0.1) is 25.4 Å². The summed E-state index contributed by atoms with van der Waals surface area (Å²) >= 11 is 1.51. The van der Waals surface area contributed by atoms with Crippen molar-refractivity contribution in [3.8, 4) is 0 Å². The second-order valence-corrected chi connectivity index (χ2v) is 6.10. The normalized spacial score (nSPS) is 11.0. The summed E-state index contributed by atoms with van der Waals surface area (Å²) in [6.45, 7) is 4.11. The van der Waals surface area contributed by atoms with Crippen LogP contribution in [0, 0.1) is 13.8 Å². The van der Waals surface area contributed by atoms with Gasteiger partial charge in [-0.1, -0.05) is 0 Å².